The van der Waals surface area contributed by atoms with Crippen molar-refractivity contribution in [2.24, 2.45) is 0 Å². The lowest BCUT2D eigenvalue weighted by Gasteiger charge is -2.45. The van der Waals surface area contributed by atoms with Crippen LogP contribution in [0.4, 0.5) is 5.69 Å². The smallest absolute Gasteiger partial charge is 0.211 e. The zero-order chi connectivity index (χ0) is 24.9. The predicted molar refractivity (Wildman–Crippen MR) is 156 cm³/mol. The van der Waals surface area contributed by atoms with Crippen LogP contribution < -0.4 is 9.64 Å². The lowest BCUT2D eigenvalue weighted by atomic mass is 9.76. The molecule has 0 aromatic heterocycles. The SMILES string of the molecule is CN1c2ccccc2C(C)(C)C12C=Cc1ccc(-c3ccc4ccc5cccc6ccc3c4c56)cc1O2. The second-order valence-electron chi connectivity index (χ2n) is 11.1. The van der Waals surface area contributed by atoms with E-state index in [-0.39, 0.29) is 5.41 Å². The molecule has 8 rings (SSSR count). The first-order valence-corrected chi connectivity index (χ1v) is 13.0. The topological polar surface area (TPSA) is 12.5 Å². The van der Waals surface area contributed by atoms with E-state index in [1.807, 2.05) is 0 Å². The van der Waals surface area contributed by atoms with E-state index < -0.39 is 5.72 Å². The Balaban J connectivity index is 1.30. The number of hydrogen-bond donors (Lipinski definition) is 0. The highest BCUT2D eigenvalue weighted by molar-refractivity contribution is 6.25. The highest BCUT2D eigenvalue weighted by Crippen LogP contribution is 2.54. The van der Waals surface area contributed by atoms with Crippen LogP contribution in [0.25, 0.3) is 49.5 Å². The molecule has 2 heterocycles. The number of hydrogen-bond acceptors (Lipinski definition) is 2. The van der Waals surface area contributed by atoms with Crippen LogP contribution in [-0.4, -0.2) is 12.8 Å². The largest absolute Gasteiger partial charge is 0.463 e. The minimum Gasteiger partial charge on any atom is -0.463 e. The number of rotatable bonds is 1. The average molecular weight is 478 g/mol. The molecule has 0 saturated heterocycles. The Morgan fingerprint density at radius 2 is 1.43 bits per heavy atom. The molecule has 37 heavy (non-hydrogen) atoms. The van der Waals surface area contributed by atoms with Gasteiger partial charge in [-0.3, -0.25) is 0 Å². The van der Waals surface area contributed by atoms with Crippen molar-refractivity contribution in [2.45, 2.75) is 25.0 Å². The lowest BCUT2D eigenvalue weighted by Crippen LogP contribution is -2.58. The Kier molecular flexibility index (Phi) is 3.90. The minimum atomic E-state index is -0.578. The second-order valence-corrected chi connectivity index (χ2v) is 11.1. The van der Waals surface area contributed by atoms with Gasteiger partial charge in [0, 0.05) is 18.3 Å². The van der Waals surface area contributed by atoms with Gasteiger partial charge < -0.3 is 9.64 Å². The van der Waals surface area contributed by atoms with Crippen LogP contribution in [0.5, 0.6) is 5.75 Å². The molecule has 2 aliphatic heterocycles. The quantitative estimate of drug-likeness (QED) is 0.219. The van der Waals surface area contributed by atoms with Crippen LogP contribution in [0.3, 0.4) is 0 Å². The normalized spacial score (nSPS) is 19.6. The summed E-state index contributed by atoms with van der Waals surface area (Å²) in [5.74, 6) is 0.929. The van der Waals surface area contributed by atoms with Gasteiger partial charge in [-0.1, -0.05) is 84.9 Å². The van der Waals surface area contributed by atoms with Crippen molar-refractivity contribution < 1.29 is 4.74 Å². The highest BCUT2D eigenvalue weighted by Gasteiger charge is 2.57. The van der Waals surface area contributed by atoms with Gasteiger partial charge >= 0.3 is 0 Å². The average Bonchev–Trinajstić information content (AvgIpc) is 3.09. The third-order valence-electron chi connectivity index (χ3n) is 8.94. The first-order chi connectivity index (χ1) is 18.0. The first kappa shape index (κ1) is 20.8. The maximum Gasteiger partial charge on any atom is 0.211 e. The standard InChI is InChI=1S/C35H27NO/c1-34(2)29-9-4-5-10-30(29)36(3)35(34)20-19-22-11-14-26(21-31(22)37-35)27-17-15-25-13-12-23-7-6-8-24-16-18-28(27)33(25)32(23)24/h4-21H,1-3H3. The molecule has 178 valence electrons. The Morgan fingerprint density at radius 3 is 2.24 bits per heavy atom. The number of anilines is 1. The van der Waals surface area contributed by atoms with Gasteiger partial charge in [0.15, 0.2) is 0 Å². The van der Waals surface area contributed by atoms with E-state index in [1.54, 1.807) is 0 Å². The van der Waals surface area contributed by atoms with Crippen LogP contribution in [0.15, 0.2) is 103 Å². The van der Waals surface area contributed by atoms with E-state index in [4.69, 9.17) is 4.74 Å². The van der Waals surface area contributed by atoms with Gasteiger partial charge in [0.2, 0.25) is 5.72 Å². The van der Waals surface area contributed by atoms with Crippen LogP contribution >= 0.6 is 0 Å². The van der Waals surface area contributed by atoms with Crippen molar-refractivity contribution in [1.29, 1.82) is 0 Å². The van der Waals surface area contributed by atoms with Gasteiger partial charge in [0.05, 0.1) is 5.41 Å². The van der Waals surface area contributed by atoms with Gasteiger partial charge in [0.25, 0.3) is 0 Å². The molecule has 2 nitrogen and oxygen atoms in total. The van der Waals surface area contributed by atoms with E-state index in [9.17, 15) is 0 Å². The summed E-state index contributed by atoms with van der Waals surface area (Å²) in [6.07, 6.45) is 4.47. The fraction of sp³-hybridized carbons (Fsp3) is 0.143. The Morgan fingerprint density at radius 1 is 0.703 bits per heavy atom. The maximum absolute atomic E-state index is 7.02. The number of benzene rings is 6. The van der Waals surface area contributed by atoms with Crippen molar-refractivity contribution in [1.82, 2.24) is 0 Å². The summed E-state index contributed by atoms with van der Waals surface area (Å²) in [4.78, 5) is 2.30. The number of ether oxygens (including phenoxy) is 1. The highest BCUT2D eigenvalue weighted by atomic mass is 16.5. The first-order valence-electron chi connectivity index (χ1n) is 13.0. The molecular weight excluding hydrogens is 450 g/mol. The van der Waals surface area contributed by atoms with E-state index in [2.05, 4.69) is 135 Å². The summed E-state index contributed by atoms with van der Waals surface area (Å²) in [6.45, 7) is 4.57. The summed E-state index contributed by atoms with van der Waals surface area (Å²) in [5.41, 5.74) is 5.28. The molecule has 6 aromatic rings. The molecule has 0 aliphatic carbocycles. The summed E-state index contributed by atoms with van der Waals surface area (Å²) < 4.78 is 7.02. The van der Waals surface area contributed by atoms with Gasteiger partial charge in [-0.05, 0) is 87.1 Å². The molecule has 0 N–H and O–H groups in total. The van der Waals surface area contributed by atoms with Crippen LogP contribution in [0, 0.1) is 0 Å². The molecule has 2 aliphatic rings. The van der Waals surface area contributed by atoms with Crippen LogP contribution in [0.2, 0.25) is 0 Å². The molecule has 0 fully saturated rings. The summed E-state index contributed by atoms with van der Waals surface area (Å²) in [6, 6.07) is 35.4. The number of likely N-dealkylation sites (N-methyl/N-ethyl adjacent to an activating group) is 1. The van der Waals surface area contributed by atoms with Crippen LogP contribution in [0.1, 0.15) is 25.0 Å². The number of para-hydroxylation sites is 1. The van der Waals surface area contributed by atoms with E-state index in [0.29, 0.717) is 0 Å². The summed E-state index contributed by atoms with van der Waals surface area (Å²) >= 11 is 0. The predicted octanol–water partition coefficient (Wildman–Crippen LogP) is 8.78. The Labute approximate surface area is 216 Å². The lowest BCUT2D eigenvalue weighted by molar-refractivity contribution is 0.0582. The molecule has 2 heteroatoms. The van der Waals surface area contributed by atoms with E-state index in [0.717, 1.165) is 11.3 Å². The van der Waals surface area contributed by atoms with Gasteiger partial charge in [-0.25, -0.2) is 0 Å². The third-order valence-corrected chi connectivity index (χ3v) is 8.94. The fourth-order valence-corrected chi connectivity index (χ4v) is 6.92. The van der Waals surface area contributed by atoms with Crippen molar-refractivity contribution in [3.63, 3.8) is 0 Å². The van der Waals surface area contributed by atoms with Gasteiger partial charge in [0.1, 0.15) is 5.75 Å². The summed E-state index contributed by atoms with van der Waals surface area (Å²) in [5, 5.41) is 7.84. The van der Waals surface area contributed by atoms with Gasteiger partial charge in [-0.2, -0.15) is 0 Å². The van der Waals surface area contributed by atoms with Crippen molar-refractivity contribution in [2.75, 3.05) is 11.9 Å². The molecule has 0 amide bonds. The number of fused-ring (bicyclic) bond motifs is 2. The molecule has 6 aromatic carbocycles. The zero-order valence-electron chi connectivity index (χ0n) is 21.2. The van der Waals surface area contributed by atoms with Crippen molar-refractivity contribution in [3.8, 4) is 16.9 Å². The van der Waals surface area contributed by atoms with Crippen molar-refractivity contribution >= 4 is 44.1 Å². The van der Waals surface area contributed by atoms with Gasteiger partial charge in [-0.15, -0.1) is 0 Å². The Hall–Kier alpha value is -4.30. The molecule has 1 unspecified atom stereocenters. The Bertz CT molecular complexity index is 1900. The monoisotopic (exact) mass is 477 g/mol. The third kappa shape index (κ3) is 2.55. The van der Waals surface area contributed by atoms with E-state index in [1.165, 1.54) is 54.7 Å². The molecule has 0 radical (unpaired) electrons. The van der Waals surface area contributed by atoms with E-state index >= 15 is 0 Å². The molecule has 1 spiro atoms. The fourth-order valence-electron chi connectivity index (χ4n) is 6.92. The molecule has 1 atom stereocenters. The van der Waals surface area contributed by atoms with Crippen LogP contribution in [-0.2, 0) is 5.41 Å². The summed E-state index contributed by atoms with van der Waals surface area (Å²) in [7, 11) is 2.15. The number of nitrogens with zero attached hydrogens (tertiary/aromatic N) is 1. The molecule has 0 bridgehead atoms. The molecule has 0 saturated carbocycles. The molecular formula is C35H27NO. The second kappa shape index (κ2) is 6.92. The maximum atomic E-state index is 7.02. The minimum absolute atomic E-state index is 0.213. The zero-order valence-corrected chi connectivity index (χ0v) is 21.2. The van der Waals surface area contributed by atoms with Crippen molar-refractivity contribution in [3.05, 3.63) is 114 Å².